The first-order chi connectivity index (χ1) is 19.5. The SMILES string of the molecule is Cc1nccn1-c1ccc(OC[C@@H]2CO[C@@](Cn3ccnc3)(c3ccc(Cl)cc3Cl)O2)cc1.O=[N+]([O-])O.O=[N+]([O-])O. The lowest BCUT2D eigenvalue weighted by Crippen LogP contribution is -2.34. The van der Waals surface area contributed by atoms with E-state index in [9.17, 15) is 0 Å². The molecule has 1 aliphatic rings. The fraction of sp³-hybridized carbons (Fsp3) is 0.250. The summed E-state index contributed by atoms with van der Waals surface area (Å²) in [4.78, 5) is 25.1. The molecule has 41 heavy (non-hydrogen) atoms. The van der Waals surface area contributed by atoms with Crippen molar-refractivity contribution in [2.75, 3.05) is 13.2 Å². The highest BCUT2D eigenvalue weighted by Gasteiger charge is 2.45. The number of nitrogens with zero attached hydrogens (tertiary/aromatic N) is 6. The van der Waals surface area contributed by atoms with E-state index in [0.29, 0.717) is 35.4 Å². The smallest absolute Gasteiger partial charge is 0.291 e. The van der Waals surface area contributed by atoms with Crippen LogP contribution in [-0.2, 0) is 21.8 Å². The van der Waals surface area contributed by atoms with Crippen molar-refractivity contribution in [3.8, 4) is 11.4 Å². The monoisotopic (exact) mass is 610 g/mol. The minimum Gasteiger partial charge on any atom is -0.491 e. The molecule has 0 saturated carbocycles. The minimum atomic E-state index is -1.50. The molecule has 15 nitrogen and oxygen atoms in total. The molecular weight excluding hydrogens is 587 g/mol. The van der Waals surface area contributed by atoms with Crippen molar-refractivity contribution in [1.82, 2.24) is 19.1 Å². The number of halogens is 2. The summed E-state index contributed by atoms with van der Waals surface area (Å²) in [6, 6.07) is 13.1. The van der Waals surface area contributed by atoms with Gasteiger partial charge in [-0.1, -0.05) is 29.3 Å². The van der Waals surface area contributed by atoms with E-state index in [1.807, 2.05) is 58.8 Å². The van der Waals surface area contributed by atoms with E-state index in [1.165, 1.54) is 0 Å². The van der Waals surface area contributed by atoms with Crippen molar-refractivity contribution < 1.29 is 34.8 Å². The summed E-state index contributed by atoms with van der Waals surface area (Å²) in [6.45, 7) is 3.05. The summed E-state index contributed by atoms with van der Waals surface area (Å²) < 4.78 is 22.5. The Bertz CT molecular complexity index is 1420. The highest BCUT2D eigenvalue weighted by molar-refractivity contribution is 6.35. The van der Waals surface area contributed by atoms with Gasteiger partial charge >= 0.3 is 0 Å². The van der Waals surface area contributed by atoms with Gasteiger partial charge in [0.15, 0.2) is 0 Å². The molecule has 3 heterocycles. The van der Waals surface area contributed by atoms with E-state index >= 15 is 0 Å². The van der Waals surface area contributed by atoms with Gasteiger partial charge in [-0.3, -0.25) is 0 Å². The van der Waals surface area contributed by atoms with Crippen molar-refractivity contribution in [2.24, 2.45) is 0 Å². The predicted molar refractivity (Wildman–Crippen MR) is 143 cm³/mol. The molecule has 2 aromatic carbocycles. The van der Waals surface area contributed by atoms with Crippen LogP contribution >= 0.6 is 23.2 Å². The maximum Gasteiger partial charge on any atom is 0.291 e. The van der Waals surface area contributed by atoms with Crippen LogP contribution in [0.4, 0.5) is 0 Å². The molecule has 0 aliphatic carbocycles. The van der Waals surface area contributed by atoms with Crippen LogP contribution in [0.15, 0.2) is 73.6 Å². The summed E-state index contributed by atoms with van der Waals surface area (Å²) in [6.07, 6.45) is 8.70. The Morgan fingerprint density at radius 2 is 1.78 bits per heavy atom. The molecule has 2 atom stereocenters. The second-order valence-electron chi connectivity index (χ2n) is 8.29. The molecule has 0 radical (unpaired) electrons. The molecule has 0 spiro atoms. The maximum atomic E-state index is 8.36. The Balaban J connectivity index is 0.000000515. The summed E-state index contributed by atoms with van der Waals surface area (Å²) in [5, 5.41) is 28.3. The van der Waals surface area contributed by atoms with Crippen LogP contribution in [0, 0.1) is 27.2 Å². The van der Waals surface area contributed by atoms with Gasteiger partial charge in [-0.25, -0.2) is 9.97 Å². The molecule has 0 amide bonds. The molecule has 1 fully saturated rings. The minimum absolute atomic E-state index is 0.282. The molecule has 5 rings (SSSR count). The molecule has 0 unspecified atom stereocenters. The van der Waals surface area contributed by atoms with E-state index in [2.05, 4.69) is 9.97 Å². The highest BCUT2D eigenvalue weighted by atomic mass is 35.5. The third kappa shape index (κ3) is 9.04. The zero-order valence-corrected chi connectivity index (χ0v) is 22.8. The summed E-state index contributed by atoms with van der Waals surface area (Å²) >= 11 is 12.6. The molecule has 2 N–H and O–H groups in total. The average Bonchev–Trinajstić information content (AvgIpc) is 3.65. The standard InChI is InChI=1S/C24H22Cl2N4O3.2HNO3/c1-17-28-9-11-30(17)19-3-5-20(6-4-19)31-13-21-14-32-24(33-21,15-29-10-8-27-16-29)22-7-2-18(25)12-23(22)26;2*2-1(3)4/h2-12,16,21H,13-15H2,1H3;2*(H,2,3,4)/t21-,24-;;/m1../s1. The Morgan fingerprint density at radius 1 is 1.10 bits per heavy atom. The van der Waals surface area contributed by atoms with Crippen molar-refractivity contribution in [2.45, 2.75) is 25.4 Å². The topological polar surface area (TPSA) is 190 Å². The van der Waals surface area contributed by atoms with E-state index in [4.69, 9.17) is 68.1 Å². The van der Waals surface area contributed by atoms with Gasteiger partial charge in [-0.15, -0.1) is 20.2 Å². The van der Waals surface area contributed by atoms with Crippen LogP contribution in [0.5, 0.6) is 5.75 Å². The van der Waals surface area contributed by atoms with Gasteiger partial charge in [-0.2, -0.15) is 0 Å². The van der Waals surface area contributed by atoms with Gasteiger partial charge in [0.2, 0.25) is 5.79 Å². The summed E-state index contributed by atoms with van der Waals surface area (Å²) in [5.74, 6) is 0.603. The number of aromatic nitrogens is 4. The molecule has 1 aliphatic heterocycles. The predicted octanol–water partition coefficient (Wildman–Crippen LogP) is 4.34. The van der Waals surface area contributed by atoms with Crippen molar-refractivity contribution in [3.63, 3.8) is 0 Å². The van der Waals surface area contributed by atoms with Crippen molar-refractivity contribution in [1.29, 1.82) is 0 Å². The Labute approximate surface area is 242 Å². The van der Waals surface area contributed by atoms with Crippen LogP contribution < -0.4 is 4.74 Å². The number of rotatable bonds is 7. The first-order valence-corrected chi connectivity index (χ1v) is 12.4. The zero-order valence-electron chi connectivity index (χ0n) is 21.3. The third-order valence-corrected chi connectivity index (χ3v) is 6.08. The average molecular weight is 611 g/mol. The lowest BCUT2D eigenvalue weighted by molar-refractivity contribution is -0.742. The largest absolute Gasteiger partial charge is 0.491 e. The quantitative estimate of drug-likeness (QED) is 0.223. The lowest BCUT2D eigenvalue weighted by Gasteiger charge is -2.30. The van der Waals surface area contributed by atoms with Crippen LogP contribution in [0.25, 0.3) is 5.69 Å². The van der Waals surface area contributed by atoms with E-state index in [0.717, 1.165) is 17.3 Å². The summed E-state index contributed by atoms with van der Waals surface area (Å²) in [7, 11) is 0. The van der Waals surface area contributed by atoms with Gasteiger partial charge in [0, 0.05) is 41.1 Å². The van der Waals surface area contributed by atoms with Crippen LogP contribution in [0.3, 0.4) is 0 Å². The molecule has 1 saturated heterocycles. The number of benzene rings is 2. The molecular formula is C24H24Cl2N6O9. The van der Waals surface area contributed by atoms with Gasteiger partial charge < -0.3 is 33.8 Å². The van der Waals surface area contributed by atoms with Gasteiger partial charge in [0.25, 0.3) is 10.2 Å². The van der Waals surface area contributed by atoms with Crippen molar-refractivity contribution in [3.05, 3.63) is 115 Å². The van der Waals surface area contributed by atoms with E-state index in [1.54, 1.807) is 30.9 Å². The molecule has 4 aromatic rings. The third-order valence-electron chi connectivity index (χ3n) is 5.53. The van der Waals surface area contributed by atoms with Crippen LogP contribution in [-0.4, -0.2) is 59.0 Å². The Kier molecular flexibility index (Phi) is 10.8. The number of ether oxygens (including phenoxy) is 3. The van der Waals surface area contributed by atoms with E-state index < -0.39 is 16.0 Å². The Morgan fingerprint density at radius 3 is 2.34 bits per heavy atom. The number of aryl methyl sites for hydroxylation is 1. The Hall–Kier alpha value is -4.44. The molecule has 218 valence electrons. The fourth-order valence-electron chi connectivity index (χ4n) is 3.92. The molecule has 17 heteroatoms. The van der Waals surface area contributed by atoms with Crippen LogP contribution in [0.1, 0.15) is 11.4 Å². The number of hydrogen-bond donors (Lipinski definition) is 2. The molecule has 0 bridgehead atoms. The van der Waals surface area contributed by atoms with E-state index in [-0.39, 0.29) is 6.10 Å². The number of hydrogen-bond acceptors (Lipinski definition) is 9. The second kappa shape index (κ2) is 14.3. The number of imidazole rings is 2. The summed E-state index contributed by atoms with van der Waals surface area (Å²) in [5.41, 5.74) is 1.74. The van der Waals surface area contributed by atoms with Gasteiger partial charge in [-0.05, 0) is 43.3 Å². The zero-order chi connectivity index (χ0) is 30.0. The highest BCUT2D eigenvalue weighted by Crippen LogP contribution is 2.40. The van der Waals surface area contributed by atoms with Gasteiger partial charge in [0.05, 0.1) is 24.5 Å². The first kappa shape index (κ1) is 31.1. The molecule has 2 aromatic heterocycles. The second-order valence-corrected chi connectivity index (χ2v) is 9.13. The van der Waals surface area contributed by atoms with Crippen molar-refractivity contribution >= 4 is 23.2 Å². The lowest BCUT2D eigenvalue weighted by atomic mass is 10.1. The van der Waals surface area contributed by atoms with Crippen LogP contribution in [0.2, 0.25) is 10.0 Å². The maximum absolute atomic E-state index is 8.36. The fourth-order valence-corrected chi connectivity index (χ4v) is 4.47. The van der Waals surface area contributed by atoms with Gasteiger partial charge in [0.1, 0.15) is 24.3 Å². The first-order valence-electron chi connectivity index (χ1n) is 11.6. The normalized spacial score (nSPS) is 17.5.